The SMILES string of the molecule is C[C@@H](NC(=O)c1ccc(-c2ccnc(N)n2)s1)c1cccc(O)c1. The Morgan fingerprint density at radius 3 is 2.88 bits per heavy atom. The summed E-state index contributed by atoms with van der Waals surface area (Å²) in [7, 11) is 0. The third kappa shape index (κ3) is 3.52. The maximum absolute atomic E-state index is 12.4. The number of nitrogens with two attached hydrogens (primary N) is 1. The van der Waals surface area contributed by atoms with E-state index in [0.29, 0.717) is 10.6 Å². The number of hydrogen-bond acceptors (Lipinski definition) is 6. The zero-order chi connectivity index (χ0) is 17.1. The van der Waals surface area contributed by atoms with E-state index in [1.54, 1.807) is 36.5 Å². The van der Waals surface area contributed by atoms with E-state index in [2.05, 4.69) is 15.3 Å². The van der Waals surface area contributed by atoms with E-state index in [9.17, 15) is 9.90 Å². The van der Waals surface area contributed by atoms with Gasteiger partial charge < -0.3 is 16.2 Å². The van der Waals surface area contributed by atoms with Gasteiger partial charge in [0.2, 0.25) is 5.95 Å². The first-order chi connectivity index (χ1) is 11.5. The van der Waals surface area contributed by atoms with Crippen molar-refractivity contribution < 1.29 is 9.90 Å². The zero-order valence-corrected chi connectivity index (χ0v) is 13.7. The van der Waals surface area contributed by atoms with Gasteiger partial charge in [-0.15, -0.1) is 11.3 Å². The van der Waals surface area contributed by atoms with Gasteiger partial charge >= 0.3 is 0 Å². The maximum Gasteiger partial charge on any atom is 0.261 e. The lowest BCUT2D eigenvalue weighted by molar-refractivity contribution is 0.0944. The van der Waals surface area contributed by atoms with E-state index < -0.39 is 0 Å². The van der Waals surface area contributed by atoms with Crippen LogP contribution in [0.25, 0.3) is 10.6 Å². The monoisotopic (exact) mass is 340 g/mol. The highest BCUT2D eigenvalue weighted by Crippen LogP contribution is 2.27. The number of nitrogen functional groups attached to an aromatic ring is 1. The summed E-state index contributed by atoms with van der Waals surface area (Å²) in [6.45, 7) is 1.87. The van der Waals surface area contributed by atoms with Gasteiger partial charge in [-0.3, -0.25) is 4.79 Å². The van der Waals surface area contributed by atoms with Crippen molar-refractivity contribution in [3.05, 3.63) is 59.1 Å². The Bertz CT molecular complexity index is 878. The second-order valence-corrected chi connectivity index (χ2v) is 6.34. The minimum absolute atomic E-state index is 0.174. The van der Waals surface area contributed by atoms with Crippen LogP contribution < -0.4 is 11.1 Å². The summed E-state index contributed by atoms with van der Waals surface area (Å²) in [6, 6.07) is 11.9. The molecule has 1 aromatic carbocycles. The Morgan fingerprint density at radius 1 is 1.29 bits per heavy atom. The van der Waals surface area contributed by atoms with Gasteiger partial charge in [-0.25, -0.2) is 9.97 Å². The molecule has 6 nitrogen and oxygen atoms in total. The minimum atomic E-state index is -0.218. The molecular weight excluding hydrogens is 324 g/mol. The molecule has 1 amide bonds. The van der Waals surface area contributed by atoms with E-state index in [4.69, 9.17) is 5.73 Å². The van der Waals surface area contributed by atoms with Crippen molar-refractivity contribution in [3.63, 3.8) is 0 Å². The molecule has 0 unspecified atom stereocenters. The van der Waals surface area contributed by atoms with E-state index in [1.165, 1.54) is 11.3 Å². The molecular formula is C17H16N4O2S. The average Bonchev–Trinajstić information content (AvgIpc) is 3.05. The van der Waals surface area contributed by atoms with Gasteiger partial charge in [0.25, 0.3) is 5.91 Å². The molecule has 0 aliphatic carbocycles. The van der Waals surface area contributed by atoms with Crippen molar-refractivity contribution in [2.75, 3.05) is 5.73 Å². The van der Waals surface area contributed by atoms with Gasteiger partial charge in [-0.05, 0) is 42.8 Å². The van der Waals surface area contributed by atoms with Crippen molar-refractivity contribution in [2.45, 2.75) is 13.0 Å². The molecule has 0 saturated carbocycles. The molecule has 3 aromatic rings. The second kappa shape index (κ2) is 6.67. The van der Waals surface area contributed by atoms with Crippen LogP contribution in [0.2, 0.25) is 0 Å². The molecule has 0 aliphatic heterocycles. The predicted octanol–water partition coefficient (Wildman–Crippen LogP) is 2.98. The molecule has 7 heteroatoms. The standard InChI is InChI=1S/C17H16N4O2S/c1-10(11-3-2-4-12(22)9-11)20-16(23)15-6-5-14(24-15)13-7-8-19-17(18)21-13/h2-10,22H,1H3,(H,20,23)(H2,18,19,21)/t10-/m1/s1. The molecule has 0 fully saturated rings. The van der Waals surface area contributed by atoms with Gasteiger partial charge in [-0.1, -0.05) is 12.1 Å². The zero-order valence-electron chi connectivity index (χ0n) is 12.9. The van der Waals surface area contributed by atoms with Crippen LogP contribution in [-0.4, -0.2) is 21.0 Å². The number of nitrogens with zero attached hydrogens (tertiary/aromatic N) is 2. The van der Waals surface area contributed by atoms with E-state index in [1.807, 2.05) is 19.1 Å². The molecule has 2 heterocycles. The molecule has 0 saturated heterocycles. The molecule has 24 heavy (non-hydrogen) atoms. The normalized spacial score (nSPS) is 11.9. The number of phenolic OH excluding ortho intramolecular Hbond substituents is 1. The fourth-order valence-corrected chi connectivity index (χ4v) is 3.13. The van der Waals surface area contributed by atoms with Gasteiger partial charge in [-0.2, -0.15) is 0 Å². The van der Waals surface area contributed by atoms with Crippen LogP contribution in [-0.2, 0) is 0 Å². The lowest BCUT2D eigenvalue weighted by atomic mass is 10.1. The molecule has 0 bridgehead atoms. The van der Waals surface area contributed by atoms with Crippen LogP contribution in [0.4, 0.5) is 5.95 Å². The highest BCUT2D eigenvalue weighted by molar-refractivity contribution is 7.17. The fourth-order valence-electron chi connectivity index (χ4n) is 2.25. The summed E-state index contributed by atoms with van der Waals surface area (Å²) in [4.78, 5) is 21.8. The third-order valence-electron chi connectivity index (χ3n) is 3.47. The smallest absolute Gasteiger partial charge is 0.261 e. The summed E-state index contributed by atoms with van der Waals surface area (Å²) in [6.07, 6.45) is 1.58. The van der Waals surface area contributed by atoms with E-state index in [0.717, 1.165) is 10.4 Å². The third-order valence-corrected chi connectivity index (χ3v) is 4.58. The number of aromatic nitrogens is 2. The number of thiophene rings is 1. The molecule has 1 atom stereocenters. The minimum Gasteiger partial charge on any atom is -0.508 e. The lowest BCUT2D eigenvalue weighted by Crippen LogP contribution is -2.25. The number of rotatable bonds is 4. The number of carbonyl (C=O) groups is 1. The van der Waals surface area contributed by atoms with Crippen LogP contribution in [0, 0.1) is 0 Å². The lowest BCUT2D eigenvalue weighted by Gasteiger charge is -2.13. The summed E-state index contributed by atoms with van der Waals surface area (Å²) in [5, 5.41) is 12.5. The molecule has 0 aliphatic rings. The average molecular weight is 340 g/mol. The molecule has 2 aromatic heterocycles. The molecule has 122 valence electrons. The van der Waals surface area contributed by atoms with Crippen molar-refractivity contribution in [2.24, 2.45) is 0 Å². The van der Waals surface area contributed by atoms with Gasteiger partial charge in [0, 0.05) is 6.20 Å². The molecule has 0 radical (unpaired) electrons. The topological polar surface area (TPSA) is 101 Å². The van der Waals surface area contributed by atoms with Crippen molar-refractivity contribution in [3.8, 4) is 16.3 Å². The number of nitrogens with one attached hydrogen (secondary N) is 1. The first-order valence-corrected chi connectivity index (χ1v) is 8.13. The second-order valence-electron chi connectivity index (χ2n) is 5.25. The van der Waals surface area contributed by atoms with Gasteiger partial charge in [0.1, 0.15) is 5.75 Å². The first-order valence-electron chi connectivity index (χ1n) is 7.31. The summed E-state index contributed by atoms with van der Waals surface area (Å²) < 4.78 is 0. The summed E-state index contributed by atoms with van der Waals surface area (Å²) in [5.41, 5.74) is 7.11. The number of anilines is 1. The van der Waals surface area contributed by atoms with Crippen LogP contribution in [0.3, 0.4) is 0 Å². The Hall–Kier alpha value is -2.93. The van der Waals surface area contributed by atoms with Crippen molar-refractivity contribution in [1.29, 1.82) is 0 Å². The summed E-state index contributed by atoms with van der Waals surface area (Å²) in [5.74, 6) is 0.196. The van der Waals surface area contributed by atoms with Crippen LogP contribution >= 0.6 is 11.3 Å². The number of benzene rings is 1. The number of phenols is 1. The number of hydrogen-bond donors (Lipinski definition) is 3. The van der Waals surface area contributed by atoms with Gasteiger partial charge in [0.05, 0.1) is 21.5 Å². The number of carbonyl (C=O) groups excluding carboxylic acids is 1. The Morgan fingerprint density at radius 2 is 2.12 bits per heavy atom. The van der Waals surface area contributed by atoms with Crippen LogP contribution in [0.15, 0.2) is 48.7 Å². The molecule has 4 N–H and O–H groups in total. The highest BCUT2D eigenvalue weighted by atomic mass is 32.1. The highest BCUT2D eigenvalue weighted by Gasteiger charge is 2.15. The van der Waals surface area contributed by atoms with Crippen LogP contribution in [0.1, 0.15) is 28.2 Å². The van der Waals surface area contributed by atoms with Crippen molar-refractivity contribution in [1.82, 2.24) is 15.3 Å². The largest absolute Gasteiger partial charge is 0.508 e. The molecule has 0 spiro atoms. The number of amides is 1. The first kappa shape index (κ1) is 15.9. The van der Waals surface area contributed by atoms with Crippen LogP contribution in [0.5, 0.6) is 5.75 Å². The quantitative estimate of drug-likeness (QED) is 0.678. The predicted molar refractivity (Wildman–Crippen MR) is 93.7 cm³/mol. The van der Waals surface area contributed by atoms with Gasteiger partial charge in [0.15, 0.2) is 0 Å². The van der Waals surface area contributed by atoms with E-state index in [-0.39, 0.29) is 23.6 Å². The van der Waals surface area contributed by atoms with Crippen molar-refractivity contribution >= 4 is 23.2 Å². The summed E-state index contributed by atoms with van der Waals surface area (Å²) >= 11 is 1.34. The number of aromatic hydroxyl groups is 1. The molecule has 3 rings (SSSR count). The van der Waals surface area contributed by atoms with E-state index >= 15 is 0 Å². The Labute approximate surface area is 143 Å². The Balaban J connectivity index is 1.74. The fraction of sp³-hybridized carbons (Fsp3) is 0.118. The Kier molecular flexibility index (Phi) is 4.43. The maximum atomic E-state index is 12.4.